The van der Waals surface area contributed by atoms with Crippen molar-refractivity contribution in [3.8, 4) is 0 Å². The molecule has 20 heavy (non-hydrogen) atoms. The van der Waals surface area contributed by atoms with Crippen molar-refractivity contribution in [3.63, 3.8) is 0 Å². The number of carbonyl (C=O) groups is 1. The monoisotopic (exact) mass is 289 g/mol. The maximum atomic E-state index is 12.1. The molecular formula is C15H19N3OS. The van der Waals surface area contributed by atoms with Crippen LogP contribution in [0.2, 0.25) is 0 Å². The Morgan fingerprint density at radius 3 is 2.55 bits per heavy atom. The maximum absolute atomic E-state index is 12.1. The molecule has 1 aromatic carbocycles. The van der Waals surface area contributed by atoms with Crippen LogP contribution < -0.4 is 15.1 Å². The summed E-state index contributed by atoms with van der Waals surface area (Å²) >= 11 is 5.24. The van der Waals surface area contributed by atoms with Crippen LogP contribution in [-0.2, 0) is 4.79 Å². The molecule has 3 rings (SSSR count). The molecule has 1 amide bonds. The number of carbonyl (C=O) groups excluding carboxylic acids is 1. The molecule has 0 radical (unpaired) electrons. The topological polar surface area (TPSA) is 35.6 Å². The SMILES string of the molecule is Cc1cc(N2C(=O)C(C)NC2=S)ccc1N1CCCC1. The number of hydrogen-bond donors (Lipinski definition) is 1. The molecule has 2 fully saturated rings. The highest BCUT2D eigenvalue weighted by atomic mass is 32.1. The zero-order valence-electron chi connectivity index (χ0n) is 11.8. The van der Waals surface area contributed by atoms with Gasteiger partial charge in [-0.1, -0.05) is 0 Å². The summed E-state index contributed by atoms with van der Waals surface area (Å²) in [4.78, 5) is 16.1. The zero-order chi connectivity index (χ0) is 14.3. The number of benzene rings is 1. The largest absolute Gasteiger partial charge is 0.371 e. The van der Waals surface area contributed by atoms with Crippen molar-refractivity contribution in [3.05, 3.63) is 23.8 Å². The second kappa shape index (κ2) is 5.05. The quantitative estimate of drug-likeness (QED) is 0.847. The van der Waals surface area contributed by atoms with Crippen molar-refractivity contribution in [2.75, 3.05) is 22.9 Å². The molecule has 1 unspecified atom stereocenters. The van der Waals surface area contributed by atoms with Crippen molar-refractivity contribution < 1.29 is 4.79 Å². The summed E-state index contributed by atoms with van der Waals surface area (Å²) in [6.45, 7) is 6.18. The molecule has 2 saturated heterocycles. The van der Waals surface area contributed by atoms with E-state index < -0.39 is 0 Å². The number of nitrogens with zero attached hydrogens (tertiary/aromatic N) is 2. The van der Waals surface area contributed by atoms with E-state index in [9.17, 15) is 4.79 Å². The number of anilines is 2. The van der Waals surface area contributed by atoms with Gasteiger partial charge in [0.1, 0.15) is 6.04 Å². The predicted molar refractivity (Wildman–Crippen MR) is 85.3 cm³/mol. The summed E-state index contributed by atoms with van der Waals surface area (Å²) < 4.78 is 0. The molecule has 106 valence electrons. The summed E-state index contributed by atoms with van der Waals surface area (Å²) in [5, 5.41) is 3.50. The second-order valence-electron chi connectivity index (χ2n) is 5.51. The van der Waals surface area contributed by atoms with E-state index in [1.54, 1.807) is 4.90 Å². The Balaban J connectivity index is 1.90. The molecule has 0 bridgehead atoms. The fraction of sp³-hybridized carbons (Fsp3) is 0.467. The number of amides is 1. The van der Waals surface area contributed by atoms with Crippen LogP contribution in [0.1, 0.15) is 25.3 Å². The van der Waals surface area contributed by atoms with E-state index in [-0.39, 0.29) is 11.9 Å². The Labute approximate surface area is 124 Å². The average Bonchev–Trinajstić information content (AvgIpc) is 2.99. The lowest BCUT2D eigenvalue weighted by Crippen LogP contribution is -2.31. The van der Waals surface area contributed by atoms with Crippen LogP contribution in [-0.4, -0.2) is 30.2 Å². The molecule has 0 aromatic heterocycles. The Morgan fingerprint density at radius 1 is 1.30 bits per heavy atom. The Morgan fingerprint density at radius 2 is 2.00 bits per heavy atom. The van der Waals surface area contributed by atoms with Gasteiger partial charge in [0.15, 0.2) is 5.11 Å². The van der Waals surface area contributed by atoms with E-state index in [2.05, 4.69) is 29.3 Å². The van der Waals surface area contributed by atoms with E-state index in [1.807, 2.05) is 13.0 Å². The highest BCUT2D eigenvalue weighted by Crippen LogP contribution is 2.29. The third-order valence-corrected chi connectivity index (χ3v) is 4.32. The minimum Gasteiger partial charge on any atom is -0.371 e. The molecule has 0 saturated carbocycles. The van der Waals surface area contributed by atoms with Crippen molar-refractivity contribution in [1.82, 2.24) is 5.32 Å². The van der Waals surface area contributed by atoms with Crippen LogP contribution in [0.25, 0.3) is 0 Å². The van der Waals surface area contributed by atoms with Crippen LogP contribution in [0, 0.1) is 6.92 Å². The summed E-state index contributed by atoms with van der Waals surface area (Å²) in [6, 6.07) is 5.91. The third kappa shape index (κ3) is 2.16. The summed E-state index contributed by atoms with van der Waals surface area (Å²) in [5.74, 6) is 0.0170. The standard InChI is InChI=1S/C15H19N3OS/c1-10-9-12(18-14(19)11(2)16-15(18)20)5-6-13(10)17-7-3-4-8-17/h5-6,9,11H,3-4,7-8H2,1-2H3,(H,16,20). The van der Waals surface area contributed by atoms with Gasteiger partial charge < -0.3 is 10.2 Å². The molecule has 2 aliphatic rings. The molecule has 1 N–H and O–H groups in total. The molecule has 2 aliphatic heterocycles. The molecular weight excluding hydrogens is 270 g/mol. The van der Waals surface area contributed by atoms with E-state index >= 15 is 0 Å². The fourth-order valence-corrected chi connectivity index (χ4v) is 3.31. The molecule has 2 heterocycles. The maximum Gasteiger partial charge on any atom is 0.255 e. The molecule has 0 spiro atoms. The number of thiocarbonyl (C=S) groups is 1. The summed E-state index contributed by atoms with van der Waals surface area (Å²) in [6.07, 6.45) is 2.52. The molecule has 1 atom stereocenters. The first kappa shape index (κ1) is 13.4. The Hall–Kier alpha value is -1.62. The minimum absolute atomic E-state index is 0.0170. The van der Waals surface area contributed by atoms with Crippen LogP contribution >= 0.6 is 12.2 Å². The van der Waals surface area contributed by atoms with Crippen LogP contribution in [0.3, 0.4) is 0 Å². The van der Waals surface area contributed by atoms with Gasteiger partial charge in [0.25, 0.3) is 5.91 Å². The molecule has 4 nitrogen and oxygen atoms in total. The molecule has 5 heteroatoms. The molecule has 0 aliphatic carbocycles. The van der Waals surface area contributed by atoms with Gasteiger partial charge in [0.2, 0.25) is 0 Å². The van der Waals surface area contributed by atoms with Gasteiger partial charge in [-0.2, -0.15) is 0 Å². The lowest BCUT2D eigenvalue weighted by atomic mass is 10.1. The number of hydrogen-bond acceptors (Lipinski definition) is 3. The van der Waals surface area contributed by atoms with E-state index in [1.165, 1.54) is 24.1 Å². The van der Waals surface area contributed by atoms with E-state index in [0.29, 0.717) is 5.11 Å². The Kier molecular flexibility index (Phi) is 3.38. The number of rotatable bonds is 2. The van der Waals surface area contributed by atoms with E-state index in [4.69, 9.17) is 12.2 Å². The second-order valence-corrected chi connectivity index (χ2v) is 5.90. The number of aryl methyl sites for hydroxylation is 1. The molecule has 1 aromatic rings. The lowest BCUT2D eigenvalue weighted by Gasteiger charge is -2.22. The van der Waals surface area contributed by atoms with Gasteiger partial charge in [-0.25, -0.2) is 0 Å². The van der Waals surface area contributed by atoms with Gasteiger partial charge >= 0.3 is 0 Å². The highest BCUT2D eigenvalue weighted by Gasteiger charge is 2.33. The summed E-state index contributed by atoms with van der Waals surface area (Å²) in [5.41, 5.74) is 3.32. The van der Waals surface area contributed by atoms with E-state index in [0.717, 1.165) is 18.8 Å². The van der Waals surface area contributed by atoms with Crippen molar-refractivity contribution >= 4 is 34.6 Å². The van der Waals surface area contributed by atoms with Gasteiger partial charge in [-0.05, 0) is 62.7 Å². The zero-order valence-corrected chi connectivity index (χ0v) is 12.7. The fourth-order valence-electron chi connectivity index (χ4n) is 2.94. The van der Waals surface area contributed by atoms with Crippen molar-refractivity contribution in [2.45, 2.75) is 32.7 Å². The van der Waals surface area contributed by atoms with Crippen LogP contribution in [0.15, 0.2) is 18.2 Å². The average molecular weight is 289 g/mol. The predicted octanol–water partition coefficient (Wildman–Crippen LogP) is 2.20. The summed E-state index contributed by atoms with van der Waals surface area (Å²) in [7, 11) is 0. The normalized spacial score (nSPS) is 22.6. The Bertz CT molecular complexity index is 566. The minimum atomic E-state index is -0.235. The van der Waals surface area contributed by atoms with Crippen LogP contribution in [0.4, 0.5) is 11.4 Å². The third-order valence-electron chi connectivity index (χ3n) is 4.02. The van der Waals surface area contributed by atoms with Gasteiger partial charge in [-0.3, -0.25) is 9.69 Å². The van der Waals surface area contributed by atoms with Crippen molar-refractivity contribution in [2.24, 2.45) is 0 Å². The first-order valence-corrected chi connectivity index (χ1v) is 7.49. The lowest BCUT2D eigenvalue weighted by molar-refractivity contribution is -0.117. The van der Waals surface area contributed by atoms with Gasteiger partial charge in [0, 0.05) is 18.8 Å². The van der Waals surface area contributed by atoms with Gasteiger partial charge in [0.05, 0.1) is 5.69 Å². The van der Waals surface area contributed by atoms with Crippen LogP contribution in [0.5, 0.6) is 0 Å². The smallest absolute Gasteiger partial charge is 0.255 e. The first-order chi connectivity index (χ1) is 9.58. The van der Waals surface area contributed by atoms with Crippen molar-refractivity contribution in [1.29, 1.82) is 0 Å². The number of nitrogens with one attached hydrogen (secondary N) is 1. The highest BCUT2D eigenvalue weighted by molar-refractivity contribution is 7.80. The van der Waals surface area contributed by atoms with Gasteiger partial charge in [-0.15, -0.1) is 0 Å². The first-order valence-electron chi connectivity index (χ1n) is 7.08.